The quantitative estimate of drug-likeness (QED) is 0.399. The van der Waals surface area contributed by atoms with Crippen LogP contribution in [0.25, 0.3) is 0 Å². The zero-order chi connectivity index (χ0) is 20.9. The fourth-order valence-electron chi connectivity index (χ4n) is 5.21. The Labute approximate surface area is 172 Å². The molecule has 0 aromatic rings. The number of carbonyl (C=O) groups is 1. The minimum absolute atomic E-state index is 0.0864. The van der Waals surface area contributed by atoms with E-state index in [2.05, 4.69) is 5.32 Å². The summed E-state index contributed by atoms with van der Waals surface area (Å²) >= 11 is 0. The van der Waals surface area contributed by atoms with Gasteiger partial charge in [0.2, 0.25) is 5.60 Å². The smallest absolute Gasteiger partial charge is 0.289 e. The van der Waals surface area contributed by atoms with E-state index in [0.29, 0.717) is 6.42 Å². The van der Waals surface area contributed by atoms with Crippen LogP contribution in [0.4, 0.5) is 0 Å². The Morgan fingerprint density at radius 3 is 1.97 bits per heavy atom. The Kier molecular flexibility index (Phi) is 5.10. The second-order valence-corrected chi connectivity index (χ2v) is 7.71. The summed E-state index contributed by atoms with van der Waals surface area (Å²) in [6, 6.07) is 0. The minimum atomic E-state index is -1.92. The first-order valence-electron chi connectivity index (χ1n) is 10.3. The number of aliphatic hydroxyl groups is 2. The lowest BCUT2D eigenvalue weighted by atomic mass is 9.72. The highest BCUT2D eigenvalue weighted by Crippen LogP contribution is 2.65. The second kappa shape index (κ2) is 7.30. The molecule has 3 N–H and O–H groups in total. The summed E-state index contributed by atoms with van der Waals surface area (Å²) < 4.78 is 48.8. The maximum Gasteiger partial charge on any atom is 0.289 e. The number of amides is 1. The predicted octanol–water partition coefficient (Wildman–Crippen LogP) is -2.41. The van der Waals surface area contributed by atoms with Gasteiger partial charge in [-0.2, -0.15) is 0 Å². The van der Waals surface area contributed by atoms with Gasteiger partial charge in [0, 0.05) is 19.6 Å². The van der Waals surface area contributed by atoms with Crippen LogP contribution in [0.15, 0.2) is 0 Å². The number of rotatable bonds is 5. The Morgan fingerprint density at radius 2 is 1.33 bits per heavy atom. The van der Waals surface area contributed by atoms with E-state index >= 15 is 0 Å². The van der Waals surface area contributed by atoms with E-state index in [1.807, 2.05) is 0 Å². The first kappa shape index (κ1) is 20.9. The van der Waals surface area contributed by atoms with Crippen LogP contribution in [0, 0.1) is 0 Å². The molecule has 5 atom stereocenters. The van der Waals surface area contributed by atoms with Gasteiger partial charge in [0.1, 0.15) is 6.61 Å². The van der Waals surface area contributed by atoms with Crippen molar-refractivity contribution in [3.8, 4) is 0 Å². The SMILES string of the molecule is O=C(NCCCO)C12CCO[C@]13OCCO[C@@]31OCCO[C@]13OCCO[C@]3(CO)O2. The molecule has 0 aliphatic carbocycles. The molecule has 0 aromatic carbocycles. The topological polar surface area (TPSA) is 143 Å². The van der Waals surface area contributed by atoms with Crippen molar-refractivity contribution in [1.29, 1.82) is 0 Å². The first-order valence-corrected chi connectivity index (χ1v) is 10.3. The number of carbonyl (C=O) groups excluding carboxylic acids is 1. The normalized spacial score (nSPS) is 47.5. The average Bonchev–Trinajstić information content (AvgIpc) is 3.15. The molecule has 170 valence electrons. The van der Waals surface area contributed by atoms with Crippen LogP contribution in [-0.2, 0) is 42.7 Å². The Morgan fingerprint density at radius 1 is 0.767 bits per heavy atom. The number of ether oxygens (including phenoxy) is 8. The van der Waals surface area contributed by atoms with E-state index in [9.17, 15) is 9.90 Å². The lowest BCUT2D eigenvalue weighted by Gasteiger charge is -2.69. The van der Waals surface area contributed by atoms with Crippen LogP contribution < -0.4 is 5.32 Å². The van der Waals surface area contributed by atoms with Crippen molar-refractivity contribution >= 4 is 5.91 Å². The van der Waals surface area contributed by atoms with Crippen molar-refractivity contribution in [1.82, 2.24) is 5.32 Å². The summed E-state index contributed by atoms with van der Waals surface area (Å²) in [5, 5.41) is 22.3. The van der Waals surface area contributed by atoms with Gasteiger partial charge in [-0.15, -0.1) is 0 Å². The summed E-state index contributed by atoms with van der Waals surface area (Å²) in [5.74, 6) is -8.10. The summed E-state index contributed by atoms with van der Waals surface area (Å²) in [6.45, 7) is 0.196. The van der Waals surface area contributed by atoms with Crippen LogP contribution >= 0.6 is 0 Å². The van der Waals surface area contributed by atoms with Gasteiger partial charge in [-0.05, 0) is 6.42 Å². The maximum atomic E-state index is 13.5. The van der Waals surface area contributed by atoms with Gasteiger partial charge < -0.3 is 53.4 Å². The van der Waals surface area contributed by atoms with Crippen LogP contribution in [0.5, 0.6) is 0 Å². The molecule has 0 radical (unpaired) electrons. The number of hydrogen-bond donors (Lipinski definition) is 3. The molecule has 0 saturated carbocycles. The van der Waals surface area contributed by atoms with Gasteiger partial charge in [-0.1, -0.05) is 0 Å². The number of hydrogen-bond acceptors (Lipinski definition) is 11. The van der Waals surface area contributed by atoms with Gasteiger partial charge in [-0.3, -0.25) is 4.79 Å². The van der Waals surface area contributed by atoms with E-state index in [0.717, 1.165) is 0 Å². The predicted molar refractivity (Wildman–Crippen MR) is 92.8 cm³/mol. The molecule has 5 aliphatic heterocycles. The van der Waals surface area contributed by atoms with Crippen molar-refractivity contribution < 1.29 is 52.9 Å². The summed E-state index contributed by atoms with van der Waals surface area (Å²) in [4.78, 5) is 13.5. The second-order valence-electron chi connectivity index (χ2n) is 7.71. The van der Waals surface area contributed by atoms with Crippen molar-refractivity contribution in [3.63, 3.8) is 0 Å². The minimum Gasteiger partial charge on any atom is -0.396 e. The van der Waals surface area contributed by atoms with Crippen molar-refractivity contribution in [3.05, 3.63) is 0 Å². The fourth-order valence-corrected chi connectivity index (χ4v) is 5.21. The van der Waals surface area contributed by atoms with Crippen LogP contribution in [0.2, 0.25) is 0 Å². The highest BCUT2D eigenvalue weighted by molar-refractivity contribution is 5.87. The van der Waals surface area contributed by atoms with E-state index in [1.54, 1.807) is 0 Å². The zero-order valence-electron chi connectivity index (χ0n) is 16.6. The van der Waals surface area contributed by atoms with E-state index in [-0.39, 0.29) is 65.8 Å². The highest BCUT2D eigenvalue weighted by atomic mass is 16.9. The molecule has 5 rings (SSSR count). The summed E-state index contributed by atoms with van der Waals surface area (Å²) in [5.41, 5.74) is -1.78. The van der Waals surface area contributed by atoms with Crippen LogP contribution in [0.3, 0.4) is 0 Å². The zero-order valence-corrected chi connectivity index (χ0v) is 16.6. The average molecular weight is 433 g/mol. The molecule has 5 aliphatic rings. The number of aliphatic hydroxyl groups excluding tert-OH is 2. The molecule has 0 aromatic heterocycles. The molecule has 12 heteroatoms. The molecule has 0 bridgehead atoms. The number of nitrogens with one attached hydrogen (secondary N) is 1. The Bertz CT molecular complexity index is 683. The van der Waals surface area contributed by atoms with Gasteiger partial charge >= 0.3 is 0 Å². The molecule has 5 heterocycles. The van der Waals surface area contributed by atoms with Gasteiger partial charge in [0.05, 0.1) is 46.2 Å². The van der Waals surface area contributed by atoms with Crippen LogP contribution in [-0.4, -0.2) is 111 Å². The maximum absolute atomic E-state index is 13.5. The third-order valence-corrected chi connectivity index (χ3v) is 6.31. The van der Waals surface area contributed by atoms with Gasteiger partial charge in [0.25, 0.3) is 29.1 Å². The molecule has 1 amide bonds. The first-order chi connectivity index (χ1) is 14.6. The van der Waals surface area contributed by atoms with E-state index < -0.39 is 41.3 Å². The third kappa shape index (κ3) is 2.27. The van der Waals surface area contributed by atoms with E-state index in [4.69, 9.17) is 43.0 Å². The van der Waals surface area contributed by atoms with Gasteiger partial charge in [0.15, 0.2) is 0 Å². The summed E-state index contributed by atoms with van der Waals surface area (Å²) in [7, 11) is 0. The molecule has 12 nitrogen and oxygen atoms in total. The van der Waals surface area contributed by atoms with Crippen molar-refractivity contribution in [2.75, 3.05) is 66.0 Å². The van der Waals surface area contributed by atoms with Crippen molar-refractivity contribution in [2.24, 2.45) is 0 Å². The molecular weight excluding hydrogens is 406 g/mol. The van der Waals surface area contributed by atoms with Crippen LogP contribution in [0.1, 0.15) is 12.8 Å². The Hall–Kier alpha value is -0.930. The highest BCUT2D eigenvalue weighted by Gasteiger charge is 2.93. The molecule has 5 fully saturated rings. The fraction of sp³-hybridized carbons (Fsp3) is 0.944. The monoisotopic (exact) mass is 433 g/mol. The Balaban J connectivity index is 1.69. The molecule has 1 unspecified atom stereocenters. The van der Waals surface area contributed by atoms with E-state index in [1.165, 1.54) is 0 Å². The molecule has 30 heavy (non-hydrogen) atoms. The molecule has 3 spiro atoms. The lowest BCUT2D eigenvalue weighted by Crippen LogP contribution is -2.94. The van der Waals surface area contributed by atoms with Crippen molar-refractivity contribution in [2.45, 2.75) is 41.6 Å². The summed E-state index contributed by atoms with van der Waals surface area (Å²) in [6.07, 6.45) is 0.445. The largest absolute Gasteiger partial charge is 0.396 e. The lowest BCUT2D eigenvalue weighted by molar-refractivity contribution is -0.627. The third-order valence-electron chi connectivity index (χ3n) is 6.31. The molecular formula is C18H27NO11. The van der Waals surface area contributed by atoms with Gasteiger partial charge in [-0.25, -0.2) is 0 Å². The standard InChI is InChI=1S/C18H27NO11/c20-4-1-3-19-13(22)14-2-5-24-16(14)18(28-10-8-25-16)17(27-9-11-29-18)15(12-21,30-14)23-6-7-26-17/h20-21H,1-12H2,(H,19,22)/t14?,15-,16+,17+,18-/m1/s1. The molecule has 5 saturated heterocycles.